The molecule has 1 saturated heterocycles. The van der Waals surface area contributed by atoms with Gasteiger partial charge in [0.05, 0.1) is 11.6 Å². The fourth-order valence-electron chi connectivity index (χ4n) is 3.03. The molecular formula is C21H21FN2O4. The molecule has 0 saturated carbocycles. The van der Waals surface area contributed by atoms with Crippen LogP contribution in [-0.4, -0.2) is 30.9 Å². The Hall–Kier alpha value is -3.22. The molecule has 0 spiro atoms. The van der Waals surface area contributed by atoms with Gasteiger partial charge in [-0.1, -0.05) is 12.1 Å². The second-order valence-electron chi connectivity index (χ2n) is 6.61. The Balaban J connectivity index is 1.49. The molecule has 0 unspecified atom stereocenters. The number of ether oxygens (including phenoxy) is 1. The Bertz CT molecular complexity index is 865. The molecule has 0 aliphatic carbocycles. The summed E-state index contributed by atoms with van der Waals surface area (Å²) in [5.74, 6) is -1.35. The first-order valence-electron chi connectivity index (χ1n) is 9.06. The van der Waals surface area contributed by atoms with Crippen molar-refractivity contribution in [2.24, 2.45) is 0 Å². The van der Waals surface area contributed by atoms with Crippen molar-refractivity contribution in [3.05, 3.63) is 65.5 Å². The van der Waals surface area contributed by atoms with Gasteiger partial charge in [0.2, 0.25) is 5.91 Å². The first-order valence-corrected chi connectivity index (χ1v) is 9.06. The molecule has 6 nitrogen and oxygen atoms in total. The zero-order chi connectivity index (χ0) is 20.1. The van der Waals surface area contributed by atoms with Crippen LogP contribution in [0.2, 0.25) is 0 Å². The normalized spacial score (nSPS) is 14.6. The second kappa shape index (κ2) is 8.65. The first-order chi connectivity index (χ1) is 13.4. The monoisotopic (exact) mass is 384 g/mol. The van der Waals surface area contributed by atoms with Crippen LogP contribution in [-0.2, 0) is 14.3 Å². The quantitative estimate of drug-likeness (QED) is 0.777. The van der Waals surface area contributed by atoms with Crippen LogP contribution < -0.4 is 10.2 Å². The van der Waals surface area contributed by atoms with Crippen molar-refractivity contribution in [1.29, 1.82) is 0 Å². The lowest BCUT2D eigenvalue weighted by molar-refractivity contribution is -0.124. The van der Waals surface area contributed by atoms with Gasteiger partial charge in [-0.15, -0.1) is 0 Å². The summed E-state index contributed by atoms with van der Waals surface area (Å²) in [6.07, 6.45) is 1.36. The van der Waals surface area contributed by atoms with E-state index in [0.29, 0.717) is 18.5 Å². The van der Waals surface area contributed by atoms with E-state index in [0.717, 1.165) is 17.7 Å². The Kier molecular flexibility index (Phi) is 6.03. The van der Waals surface area contributed by atoms with E-state index in [4.69, 9.17) is 4.74 Å². The molecule has 1 N–H and O–H groups in total. The largest absolute Gasteiger partial charge is 0.452 e. The molecule has 3 rings (SSSR count). The van der Waals surface area contributed by atoms with E-state index in [1.54, 1.807) is 48.2 Å². The van der Waals surface area contributed by atoms with E-state index in [1.165, 1.54) is 12.1 Å². The summed E-state index contributed by atoms with van der Waals surface area (Å²) in [7, 11) is 0. The summed E-state index contributed by atoms with van der Waals surface area (Å²) >= 11 is 0. The predicted octanol–water partition coefficient (Wildman–Crippen LogP) is 2.99. The fraction of sp³-hybridized carbons (Fsp3) is 0.286. The lowest BCUT2D eigenvalue weighted by Crippen LogP contribution is -2.31. The summed E-state index contributed by atoms with van der Waals surface area (Å²) in [6.45, 7) is 2.01. The van der Waals surface area contributed by atoms with Crippen LogP contribution >= 0.6 is 0 Å². The van der Waals surface area contributed by atoms with Crippen molar-refractivity contribution in [1.82, 2.24) is 5.32 Å². The number of hydrogen-bond acceptors (Lipinski definition) is 4. The zero-order valence-corrected chi connectivity index (χ0v) is 15.5. The number of rotatable bonds is 6. The van der Waals surface area contributed by atoms with Crippen molar-refractivity contribution < 1.29 is 23.5 Å². The zero-order valence-electron chi connectivity index (χ0n) is 15.5. The van der Waals surface area contributed by atoms with E-state index in [-0.39, 0.29) is 17.8 Å². The third-order valence-corrected chi connectivity index (χ3v) is 4.57. The van der Waals surface area contributed by atoms with Crippen molar-refractivity contribution in [2.75, 3.05) is 18.1 Å². The molecule has 2 amide bonds. The fourth-order valence-corrected chi connectivity index (χ4v) is 3.03. The van der Waals surface area contributed by atoms with Gasteiger partial charge in [0.15, 0.2) is 6.61 Å². The summed E-state index contributed by atoms with van der Waals surface area (Å²) in [5.41, 5.74) is 1.79. The number of esters is 1. The van der Waals surface area contributed by atoms with Gasteiger partial charge in [0, 0.05) is 18.7 Å². The molecule has 2 aromatic carbocycles. The standard InChI is InChI=1S/C21H21FN2O4/c1-14(15-4-8-17(22)9-5-15)23-19(25)13-28-21(27)16-6-10-18(11-7-16)24-12-2-3-20(24)26/h4-11,14H,2-3,12-13H2,1H3,(H,23,25)/t14-/m0/s1. The Morgan fingerprint density at radius 1 is 1.14 bits per heavy atom. The number of carbonyl (C=O) groups excluding carboxylic acids is 3. The third kappa shape index (κ3) is 4.73. The van der Waals surface area contributed by atoms with Crippen LogP contribution in [0.5, 0.6) is 0 Å². The van der Waals surface area contributed by atoms with Gasteiger partial charge >= 0.3 is 5.97 Å². The molecule has 1 atom stereocenters. The van der Waals surface area contributed by atoms with Crippen LogP contribution in [0.4, 0.5) is 10.1 Å². The smallest absolute Gasteiger partial charge is 0.338 e. The minimum absolute atomic E-state index is 0.0715. The number of halogens is 1. The van der Waals surface area contributed by atoms with Gasteiger partial charge < -0.3 is 15.0 Å². The second-order valence-corrected chi connectivity index (χ2v) is 6.61. The number of hydrogen-bond donors (Lipinski definition) is 1. The molecule has 1 aliphatic rings. The van der Waals surface area contributed by atoms with Crippen LogP contribution in [0.25, 0.3) is 0 Å². The lowest BCUT2D eigenvalue weighted by Gasteiger charge is -2.16. The van der Waals surface area contributed by atoms with Gasteiger partial charge in [-0.2, -0.15) is 0 Å². The number of carbonyl (C=O) groups is 3. The highest BCUT2D eigenvalue weighted by atomic mass is 19.1. The molecule has 146 valence electrons. The van der Waals surface area contributed by atoms with Gasteiger partial charge in [-0.05, 0) is 55.3 Å². The number of benzene rings is 2. The molecule has 1 fully saturated rings. The van der Waals surface area contributed by atoms with Gasteiger partial charge in [-0.25, -0.2) is 9.18 Å². The highest BCUT2D eigenvalue weighted by molar-refractivity contribution is 5.96. The van der Waals surface area contributed by atoms with Crippen molar-refractivity contribution in [3.63, 3.8) is 0 Å². The minimum Gasteiger partial charge on any atom is -0.452 e. The van der Waals surface area contributed by atoms with E-state index in [2.05, 4.69) is 5.32 Å². The third-order valence-electron chi connectivity index (χ3n) is 4.57. The average molecular weight is 384 g/mol. The van der Waals surface area contributed by atoms with Crippen molar-refractivity contribution in [3.8, 4) is 0 Å². The van der Waals surface area contributed by atoms with Crippen molar-refractivity contribution >= 4 is 23.5 Å². The summed E-state index contributed by atoms with van der Waals surface area (Å²) in [4.78, 5) is 37.5. The predicted molar refractivity (Wildman–Crippen MR) is 101 cm³/mol. The van der Waals surface area contributed by atoms with E-state index in [9.17, 15) is 18.8 Å². The molecule has 0 bridgehead atoms. The van der Waals surface area contributed by atoms with Gasteiger partial charge in [-0.3, -0.25) is 9.59 Å². The molecule has 7 heteroatoms. The van der Waals surface area contributed by atoms with Gasteiger partial charge in [0.1, 0.15) is 5.82 Å². The topological polar surface area (TPSA) is 75.7 Å². The highest BCUT2D eigenvalue weighted by Gasteiger charge is 2.22. The average Bonchev–Trinajstić information content (AvgIpc) is 3.12. The number of anilines is 1. The molecule has 1 heterocycles. The van der Waals surface area contributed by atoms with Crippen LogP contribution in [0.1, 0.15) is 41.7 Å². The van der Waals surface area contributed by atoms with E-state index < -0.39 is 18.5 Å². The molecule has 28 heavy (non-hydrogen) atoms. The Morgan fingerprint density at radius 3 is 2.43 bits per heavy atom. The lowest BCUT2D eigenvalue weighted by atomic mass is 10.1. The summed E-state index contributed by atoms with van der Waals surface area (Å²) < 4.78 is 18.0. The number of amides is 2. The van der Waals surface area contributed by atoms with Crippen LogP contribution in [0.15, 0.2) is 48.5 Å². The van der Waals surface area contributed by atoms with Crippen LogP contribution in [0.3, 0.4) is 0 Å². The Morgan fingerprint density at radius 2 is 1.82 bits per heavy atom. The molecule has 0 aromatic heterocycles. The number of nitrogens with zero attached hydrogens (tertiary/aromatic N) is 1. The maximum Gasteiger partial charge on any atom is 0.338 e. The SMILES string of the molecule is C[C@H](NC(=O)COC(=O)c1ccc(N2CCCC2=O)cc1)c1ccc(F)cc1. The summed E-state index contributed by atoms with van der Waals surface area (Å²) in [6, 6.07) is 12.0. The molecular weight excluding hydrogens is 363 g/mol. The van der Waals surface area contributed by atoms with Crippen molar-refractivity contribution in [2.45, 2.75) is 25.8 Å². The molecule has 2 aromatic rings. The Labute approximate surface area is 162 Å². The maximum atomic E-state index is 13.0. The maximum absolute atomic E-state index is 13.0. The van der Waals surface area contributed by atoms with Crippen LogP contribution in [0, 0.1) is 5.82 Å². The molecule has 1 aliphatic heterocycles. The van der Waals surface area contributed by atoms with E-state index in [1.807, 2.05) is 0 Å². The minimum atomic E-state index is -0.621. The number of nitrogens with one attached hydrogen (secondary N) is 1. The molecule has 0 radical (unpaired) electrons. The summed E-state index contributed by atoms with van der Waals surface area (Å²) in [5, 5.41) is 2.69. The van der Waals surface area contributed by atoms with E-state index >= 15 is 0 Å². The first kappa shape index (κ1) is 19.5. The highest BCUT2D eigenvalue weighted by Crippen LogP contribution is 2.21. The van der Waals surface area contributed by atoms with Gasteiger partial charge in [0.25, 0.3) is 5.91 Å².